The average Bonchev–Trinajstić information content (AvgIpc) is 2.61. The molecular weight excluding hydrogens is 292 g/mol. The van der Waals surface area contributed by atoms with E-state index in [1.54, 1.807) is 0 Å². The van der Waals surface area contributed by atoms with E-state index in [4.69, 9.17) is 0 Å². The van der Waals surface area contributed by atoms with Gasteiger partial charge < -0.3 is 10.2 Å². The number of carbonyl (C=O) groups is 1. The van der Waals surface area contributed by atoms with E-state index >= 15 is 0 Å². The van der Waals surface area contributed by atoms with Crippen molar-refractivity contribution in [2.24, 2.45) is 0 Å². The minimum absolute atomic E-state index is 0.197. The number of carbonyl (C=O) groups excluding carboxylic acids is 1. The van der Waals surface area contributed by atoms with Gasteiger partial charge in [-0.2, -0.15) is 11.8 Å². The van der Waals surface area contributed by atoms with E-state index in [0.717, 1.165) is 38.0 Å². The van der Waals surface area contributed by atoms with Crippen LogP contribution in [0.25, 0.3) is 0 Å². The number of amides is 1. The quantitative estimate of drug-likeness (QED) is 0.924. The average molecular weight is 318 g/mol. The van der Waals surface area contributed by atoms with Crippen LogP contribution in [0.2, 0.25) is 0 Å². The maximum absolute atomic E-state index is 12.4. The zero-order chi connectivity index (χ0) is 15.2. The van der Waals surface area contributed by atoms with Gasteiger partial charge in [-0.3, -0.25) is 4.79 Å². The third-order valence-corrected chi connectivity index (χ3v) is 5.81. The van der Waals surface area contributed by atoms with Crippen molar-refractivity contribution in [3.05, 3.63) is 35.4 Å². The molecule has 0 bridgehead atoms. The molecule has 22 heavy (non-hydrogen) atoms. The van der Waals surface area contributed by atoms with Crippen molar-refractivity contribution < 1.29 is 4.79 Å². The van der Waals surface area contributed by atoms with Crippen LogP contribution in [0, 0.1) is 0 Å². The Balaban J connectivity index is 1.51. The molecule has 0 unspecified atom stereocenters. The van der Waals surface area contributed by atoms with Gasteiger partial charge in [-0.15, -0.1) is 0 Å². The molecule has 2 saturated heterocycles. The second-order valence-electron chi connectivity index (χ2n) is 6.34. The van der Waals surface area contributed by atoms with Gasteiger partial charge in [-0.1, -0.05) is 12.1 Å². The molecule has 1 atom stereocenters. The van der Waals surface area contributed by atoms with E-state index in [1.165, 1.54) is 36.3 Å². The number of likely N-dealkylation sites (tertiary alicyclic amines) is 1. The second kappa shape index (κ2) is 8.02. The molecule has 0 radical (unpaired) electrons. The lowest BCUT2D eigenvalue weighted by Gasteiger charge is -2.26. The fourth-order valence-electron chi connectivity index (χ4n) is 3.21. The largest absolute Gasteiger partial charge is 0.339 e. The van der Waals surface area contributed by atoms with Crippen molar-refractivity contribution >= 4 is 17.7 Å². The molecule has 2 heterocycles. The Morgan fingerprint density at radius 2 is 1.91 bits per heavy atom. The summed E-state index contributed by atoms with van der Waals surface area (Å²) in [6.07, 6.45) is 6.16. The van der Waals surface area contributed by atoms with Crippen molar-refractivity contribution in [1.82, 2.24) is 10.2 Å². The Kier molecular flexibility index (Phi) is 5.79. The molecular formula is C18H26N2OS. The first-order valence-corrected chi connectivity index (χ1v) is 9.68. The van der Waals surface area contributed by atoms with Crippen LogP contribution < -0.4 is 5.32 Å². The van der Waals surface area contributed by atoms with Gasteiger partial charge in [0.2, 0.25) is 0 Å². The summed E-state index contributed by atoms with van der Waals surface area (Å²) in [6, 6.07) is 8.82. The van der Waals surface area contributed by atoms with Crippen molar-refractivity contribution in [2.45, 2.75) is 44.7 Å². The van der Waals surface area contributed by atoms with E-state index < -0.39 is 0 Å². The molecule has 2 fully saturated rings. The van der Waals surface area contributed by atoms with E-state index in [-0.39, 0.29) is 5.91 Å². The van der Waals surface area contributed by atoms with E-state index in [1.807, 2.05) is 28.8 Å². The minimum Gasteiger partial charge on any atom is -0.339 e. The van der Waals surface area contributed by atoms with E-state index in [2.05, 4.69) is 17.4 Å². The maximum atomic E-state index is 12.4. The Bertz CT molecular complexity index is 476. The van der Waals surface area contributed by atoms with Crippen LogP contribution >= 0.6 is 11.8 Å². The standard InChI is InChI=1S/C18H26N2OS/c21-18(20-10-2-1-3-11-20)16-8-6-15(7-9-16)13-19-17-5-4-12-22-14-17/h6-9,17,19H,1-5,10-14H2/t17-/m1/s1. The molecule has 1 N–H and O–H groups in total. The van der Waals surface area contributed by atoms with Gasteiger partial charge >= 0.3 is 0 Å². The monoisotopic (exact) mass is 318 g/mol. The van der Waals surface area contributed by atoms with Gasteiger partial charge in [0.25, 0.3) is 5.91 Å². The van der Waals surface area contributed by atoms with Gasteiger partial charge in [0, 0.05) is 37.0 Å². The van der Waals surface area contributed by atoms with Gasteiger partial charge in [-0.05, 0) is 55.6 Å². The van der Waals surface area contributed by atoms with Crippen molar-refractivity contribution in [3.63, 3.8) is 0 Å². The summed E-state index contributed by atoms with van der Waals surface area (Å²) in [5.41, 5.74) is 2.10. The molecule has 0 saturated carbocycles. The van der Waals surface area contributed by atoms with E-state index in [0.29, 0.717) is 6.04 Å². The van der Waals surface area contributed by atoms with Crippen LogP contribution in [0.15, 0.2) is 24.3 Å². The smallest absolute Gasteiger partial charge is 0.253 e. The van der Waals surface area contributed by atoms with Gasteiger partial charge in [0.1, 0.15) is 0 Å². The summed E-state index contributed by atoms with van der Waals surface area (Å²) >= 11 is 2.05. The van der Waals surface area contributed by atoms with Crippen LogP contribution in [-0.4, -0.2) is 41.4 Å². The molecule has 2 aliphatic heterocycles. The number of nitrogens with one attached hydrogen (secondary N) is 1. The highest BCUT2D eigenvalue weighted by Gasteiger charge is 2.18. The molecule has 3 nitrogen and oxygen atoms in total. The summed E-state index contributed by atoms with van der Waals surface area (Å²) in [4.78, 5) is 14.4. The molecule has 2 aliphatic rings. The molecule has 0 aromatic heterocycles. The molecule has 120 valence electrons. The highest BCUT2D eigenvalue weighted by Crippen LogP contribution is 2.18. The summed E-state index contributed by atoms with van der Waals surface area (Å²) in [5, 5.41) is 3.63. The zero-order valence-corrected chi connectivity index (χ0v) is 14.0. The highest BCUT2D eigenvalue weighted by molar-refractivity contribution is 7.99. The third kappa shape index (κ3) is 4.26. The molecule has 1 aromatic carbocycles. The Morgan fingerprint density at radius 1 is 1.14 bits per heavy atom. The fourth-order valence-corrected chi connectivity index (χ4v) is 4.32. The third-order valence-electron chi connectivity index (χ3n) is 4.60. The molecule has 1 amide bonds. The summed E-state index contributed by atoms with van der Waals surface area (Å²) in [7, 11) is 0. The normalized spacial score (nSPS) is 22.5. The van der Waals surface area contributed by atoms with Gasteiger partial charge in [-0.25, -0.2) is 0 Å². The number of benzene rings is 1. The van der Waals surface area contributed by atoms with Crippen LogP contribution in [-0.2, 0) is 6.54 Å². The summed E-state index contributed by atoms with van der Waals surface area (Å²) in [6.45, 7) is 2.74. The van der Waals surface area contributed by atoms with Crippen LogP contribution in [0.4, 0.5) is 0 Å². The lowest BCUT2D eigenvalue weighted by molar-refractivity contribution is 0.0724. The first-order chi connectivity index (χ1) is 10.8. The number of hydrogen-bond donors (Lipinski definition) is 1. The maximum Gasteiger partial charge on any atom is 0.253 e. The van der Waals surface area contributed by atoms with Gasteiger partial charge in [0.15, 0.2) is 0 Å². The predicted molar refractivity (Wildman–Crippen MR) is 93.4 cm³/mol. The van der Waals surface area contributed by atoms with E-state index in [9.17, 15) is 4.79 Å². The van der Waals surface area contributed by atoms with Crippen molar-refractivity contribution in [2.75, 3.05) is 24.6 Å². The van der Waals surface area contributed by atoms with Crippen molar-refractivity contribution in [1.29, 1.82) is 0 Å². The number of thioether (sulfide) groups is 1. The molecule has 0 spiro atoms. The summed E-state index contributed by atoms with van der Waals surface area (Å²) in [5.74, 6) is 2.74. The van der Waals surface area contributed by atoms with Crippen LogP contribution in [0.5, 0.6) is 0 Å². The Labute approximate surface area is 137 Å². The fraction of sp³-hybridized carbons (Fsp3) is 0.611. The molecule has 3 rings (SSSR count). The van der Waals surface area contributed by atoms with Crippen molar-refractivity contribution in [3.8, 4) is 0 Å². The lowest BCUT2D eigenvalue weighted by Crippen LogP contribution is -2.35. The number of rotatable bonds is 4. The molecule has 0 aliphatic carbocycles. The second-order valence-corrected chi connectivity index (χ2v) is 7.49. The molecule has 1 aromatic rings. The van der Waals surface area contributed by atoms with Gasteiger partial charge in [0.05, 0.1) is 0 Å². The van der Waals surface area contributed by atoms with Crippen LogP contribution in [0.3, 0.4) is 0 Å². The van der Waals surface area contributed by atoms with Crippen LogP contribution in [0.1, 0.15) is 48.0 Å². The number of hydrogen-bond acceptors (Lipinski definition) is 3. The highest BCUT2D eigenvalue weighted by atomic mass is 32.2. The number of piperidine rings is 1. The summed E-state index contributed by atoms with van der Waals surface area (Å²) < 4.78 is 0. The SMILES string of the molecule is O=C(c1ccc(CN[C@@H]2CCCSC2)cc1)N1CCCCC1. The first-order valence-electron chi connectivity index (χ1n) is 8.52. The Hall–Kier alpha value is -1.00. The topological polar surface area (TPSA) is 32.3 Å². The molecule has 4 heteroatoms. The zero-order valence-electron chi connectivity index (χ0n) is 13.2. The number of nitrogens with zero attached hydrogens (tertiary/aromatic N) is 1. The minimum atomic E-state index is 0.197. The Morgan fingerprint density at radius 3 is 2.59 bits per heavy atom. The predicted octanol–water partition coefficient (Wildman–Crippen LogP) is 3.30. The lowest BCUT2D eigenvalue weighted by atomic mass is 10.1. The first kappa shape index (κ1) is 15.9.